The van der Waals surface area contributed by atoms with Gasteiger partial charge in [0.2, 0.25) is 0 Å². The molecular weight excluding hydrogens is 306 g/mol. The number of aromatic nitrogens is 3. The number of aliphatic hydroxyl groups excluding tert-OH is 2. The minimum absolute atomic E-state index is 0.110. The van der Waals surface area contributed by atoms with Crippen LogP contribution in [0.25, 0.3) is 11.0 Å². The summed E-state index contributed by atoms with van der Waals surface area (Å²) < 4.78 is 7.55. The molecule has 1 saturated heterocycles. The molecule has 1 saturated carbocycles. The van der Waals surface area contributed by atoms with Crippen LogP contribution in [0.5, 0.6) is 0 Å². The van der Waals surface area contributed by atoms with Crippen molar-refractivity contribution in [1.29, 1.82) is 0 Å². The maximum Gasteiger partial charge on any atom is 0.145 e. The van der Waals surface area contributed by atoms with Gasteiger partial charge < -0.3 is 19.5 Å². The fraction of sp³-hybridized carbons (Fsp3) is 0.600. The minimum Gasteiger partial charge on any atom is -0.390 e. The van der Waals surface area contributed by atoms with E-state index >= 15 is 0 Å². The van der Waals surface area contributed by atoms with Crippen LogP contribution in [-0.4, -0.2) is 49.7 Å². The third-order valence-electron chi connectivity index (χ3n) is 5.13. The number of hydrogen-bond donors (Lipinski definition) is 2. The van der Waals surface area contributed by atoms with Crippen LogP contribution >= 0.6 is 11.6 Å². The van der Waals surface area contributed by atoms with Crippen molar-refractivity contribution >= 4 is 22.6 Å². The van der Waals surface area contributed by atoms with Crippen LogP contribution in [0.15, 0.2) is 18.6 Å². The Morgan fingerprint density at radius 2 is 2.18 bits per heavy atom. The van der Waals surface area contributed by atoms with Gasteiger partial charge in [0, 0.05) is 11.6 Å². The molecule has 1 spiro atoms. The number of hydrogen-bond acceptors (Lipinski definition) is 5. The molecule has 2 aromatic heterocycles. The van der Waals surface area contributed by atoms with Gasteiger partial charge in [0.15, 0.2) is 0 Å². The zero-order valence-corrected chi connectivity index (χ0v) is 12.9. The van der Waals surface area contributed by atoms with Crippen LogP contribution in [0, 0.1) is 5.41 Å². The van der Waals surface area contributed by atoms with Crippen LogP contribution in [0.3, 0.4) is 0 Å². The van der Waals surface area contributed by atoms with Crippen molar-refractivity contribution in [2.45, 2.75) is 44.1 Å². The Hall–Kier alpha value is -1.21. The lowest BCUT2D eigenvalue weighted by Gasteiger charge is -2.25. The van der Waals surface area contributed by atoms with E-state index in [0.717, 1.165) is 11.8 Å². The molecule has 2 N–H and O–H groups in total. The molecule has 0 radical (unpaired) electrons. The van der Waals surface area contributed by atoms with Gasteiger partial charge in [-0.2, -0.15) is 0 Å². The molecule has 2 aliphatic rings. The van der Waals surface area contributed by atoms with Crippen LogP contribution < -0.4 is 0 Å². The summed E-state index contributed by atoms with van der Waals surface area (Å²) in [6, 6.07) is 1.60. The molecular formula is C15H18ClN3O3. The number of halogens is 1. The highest BCUT2D eigenvalue weighted by atomic mass is 35.5. The molecule has 118 valence electrons. The molecule has 6 nitrogen and oxygen atoms in total. The second-order valence-corrected chi connectivity index (χ2v) is 6.88. The normalized spacial score (nSPS) is 38.4. The van der Waals surface area contributed by atoms with E-state index in [1.807, 2.05) is 23.8 Å². The summed E-state index contributed by atoms with van der Waals surface area (Å²) in [5.41, 5.74) is 0.303. The Labute approximate surface area is 132 Å². The summed E-state index contributed by atoms with van der Waals surface area (Å²) in [6.45, 7) is 2.48. The number of rotatable bonds is 1. The maximum atomic E-state index is 10.6. The molecule has 0 amide bonds. The van der Waals surface area contributed by atoms with Gasteiger partial charge in [0.05, 0.1) is 30.2 Å². The fourth-order valence-electron chi connectivity index (χ4n) is 4.05. The van der Waals surface area contributed by atoms with E-state index < -0.39 is 12.2 Å². The Kier molecular flexibility index (Phi) is 3.20. The second-order valence-electron chi connectivity index (χ2n) is 6.52. The van der Waals surface area contributed by atoms with Crippen molar-refractivity contribution in [1.82, 2.24) is 14.5 Å². The summed E-state index contributed by atoms with van der Waals surface area (Å²) in [5.74, 6) is 0. The van der Waals surface area contributed by atoms with Crippen LogP contribution in [0.2, 0.25) is 5.15 Å². The highest BCUT2D eigenvalue weighted by Crippen LogP contribution is 2.51. The van der Waals surface area contributed by atoms with Crippen molar-refractivity contribution < 1.29 is 14.9 Å². The van der Waals surface area contributed by atoms with Crippen LogP contribution in [0.4, 0.5) is 0 Å². The first kappa shape index (κ1) is 14.4. The zero-order chi connectivity index (χ0) is 15.5. The third-order valence-corrected chi connectivity index (χ3v) is 5.43. The summed E-state index contributed by atoms with van der Waals surface area (Å²) in [4.78, 5) is 8.25. The summed E-state index contributed by atoms with van der Waals surface area (Å²) >= 11 is 6.09. The first-order chi connectivity index (χ1) is 10.5. The van der Waals surface area contributed by atoms with Gasteiger partial charge >= 0.3 is 0 Å². The first-order valence-corrected chi connectivity index (χ1v) is 7.84. The summed E-state index contributed by atoms with van der Waals surface area (Å²) in [5, 5.41) is 22.3. The van der Waals surface area contributed by atoms with E-state index in [2.05, 4.69) is 9.97 Å². The maximum absolute atomic E-state index is 10.6. The minimum atomic E-state index is -0.849. The first-order valence-electron chi connectivity index (χ1n) is 7.47. The lowest BCUT2D eigenvalue weighted by atomic mass is 9.81. The smallest absolute Gasteiger partial charge is 0.145 e. The predicted octanol–water partition coefficient (Wildman–Crippen LogP) is 1.55. The van der Waals surface area contributed by atoms with Crippen molar-refractivity contribution in [2.75, 3.05) is 6.61 Å². The number of ether oxygens (including phenoxy) is 1. The van der Waals surface area contributed by atoms with Crippen LogP contribution in [-0.2, 0) is 4.74 Å². The van der Waals surface area contributed by atoms with Gasteiger partial charge in [0.1, 0.15) is 23.2 Å². The molecule has 7 heteroatoms. The molecule has 5 atom stereocenters. The van der Waals surface area contributed by atoms with E-state index in [1.165, 1.54) is 6.33 Å². The van der Waals surface area contributed by atoms with Gasteiger partial charge in [-0.05, 0) is 25.8 Å². The Morgan fingerprint density at radius 3 is 2.91 bits per heavy atom. The van der Waals surface area contributed by atoms with E-state index in [1.54, 1.807) is 0 Å². The zero-order valence-electron chi connectivity index (χ0n) is 12.2. The molecule has 4 rings (SSSR count). The molecule has 22 heavy (non-hydrogen) atoms. The molecule has 1 unspecified atom stereocenters. The fourth-order valence-corrected chi connectivity index (χ4v) is 4.24. The highest BCUT2D eigenvalue weighted by Gasteiger charge is 2.56. The topological polar surface area (TPSA) is 80.4 Å². The molecule has 0 aromatic carbocycles. The van der Waals surface area contributed by atoms with Crippen LogP contribution in [0.1, 0.15) is 25.8 Å². The Morgan fingerprint density at radius 1 is 1.36 bits per heavy atom. The van der Waals surface area contributed by atoms with Gasteiger partial charge in [-0.15, -0.1) is 0 Å². The Bertz CT molecular complexity index is 721. The van der Waals surface area contributed by atoms with Crippen molar-refractivity contribution in [2.24, 2.45) is 5.41 Å². The summed E-state index contributed by atoms with van der Waals surface area (Å²) in [7, 11) is 0. The second kappa shape index (κ2) is 4.89. The summed E-state index contributed by atoms with van der Waals surface area (Å²) in [6.07, 6.45) is 3.15. The monoisotopic (exact) mass is 323 g/mol. The van der Waals surface area contributed by atoms with Crippen molar-refractivity contribution in [3.05, 3.63) is 23.7 Å². The van der Waals surface area contributed by atoms with E-state index in [-0.39, 0.29) is 17.6 Å². The number of aliphatic hydroxyl groups is 2. The standard InChI is InChI=1S/C15H18ClN3O3/c1-8-4-15(6-22-8)5-10(11(20)12(15)21)19-3-2-9-13(16)17-7-18-14(9)19/h2-3,7-8,10-12,20-21H,4-6H2,1H3/t8?,10-,11+,12+,15+/m1/s1. The van der Waals surface area contributed by atoms with E-state index in [4.69, 9.17) is 16.3 Å². The van der Waals surface area contributed by atoms with Gasteiger partial charge in [-0.3, -0.25) is 0 Å². The number of fused-ring (bicyclic) bond motifs is 1. The SMILES string of the molecule is CC1C[C@@]2(CO1)C[C@@H](n1ccc3c(Cl)ncnc31)[C@H](O)[C@@H]2O. The molecule has 2 aromatic rings. The molecule has 0 bridgehead atoms. The molecule has 1 aliphatic heterocycles. The van der Waals surface area contributed by atoms with Gasteiger partial charge in [0.25, 0.3) is 0 Å². The van der Waals surface area contributed by atoms with Crippen molar-refractivity contribution in [3.8, 4) is 0 Å². The quantitative estimate of drug-likeness (QED) is 0.778. The largest absolute Gasteiger partial charge is 0.390 e. The van der Waals surface area contributed by atoms with Gasteiger partial charge in [-0.25, -0.2) is 9.97 Å². The Balaban J connectivity index is 1.75. The predicted molar refractivity (Wildman–Crippen MR) is 80.7 cm³/mol. The molecule has 2 fully saturated rings. The lowest BCUT2D eigenvalue weighted by molar-refractivity contribution is -0.0307. The van der Waals surface area contributed by atoms with Gasteiger partial charge in [-0.1, -0.05) is 11.6 Å². The van der Waals surface area contributed by atoms with E-state index in [0.29, 0.717) is 23.8 Å². The average molecular weight is 324 g/mol. The van der Waals surface area contributed by atoms with Crippen molar-refractivity contribution in [3.63, 3.8) is 0 Å². The number of nitrogens with zero attached hydrogens (tertiary/aromatic N) is 3. The average Bonchev–Trinajstić information content (AvgIpc) is 3.14. The van der Waals surface area contributed by atoms with E-state index in [9.17, 15) is 10.2 Å². The lowest BCUT2D eigenvalue weighted by Crippen LogP contribution is -2.37. The molecule has 3 heterocycles. The third kappa shape index (κ3) is 1.91. The molecule has 1 aliphatic carbocycles. The highest BCUT2D eigenvalue weighted by molar-refractivity contribution is 6.33.